The first-order valence-corrected chi connectivity index (χ1v) is 10.2. The Bertz CT molecular complexity index is 1550. The Morgan fingerprint density at radius 1 is 0.625 bits per heavy atom. The second kappa shape index (κ2) is 6.59. The molecule has 0 aliphatic heterocycles. The summed E-state index contributed by atoms with van der Waals surface area (Å²) >= 11 is 0. The van der Waals surface area contributed by atoms with E-state index < -0.39 is 0 Å². The van der Waals surface area contributed by atoms with Crippen molar-refractivity contribution >= 4 is 43.6 Å². The summed E-state index contributed by atoms with van der Waals surface area (Å²) in [4.78, 5) is 6.81. The highest BCUT2D eigenvalue weighted by Gasteiger charge is 2.25. The number of benzene rings is 4. The van der Waals surface area contributed by atoms with Crippen LogP contribution in [0.15, 0.2) is 60.7 Å². The third-order valence-electron chi connectivity index (χ3n) is 6.14. The molecular formula is C26H20N2O4. The van der Waals surface area contributed by atoms with Crippen LogP contribution in [0, 0.1) is 0 Å². The Hall–Kier alpha value is -4.32. The van der Waals surface area contributed by atoms with Crippen LogP contribution in [0.2, 0.25) is 0 Å². The van der Waals surface area contributed by atoms with Crippen molar-refractivity contribution in [2.75, 3.05) is 14.2 Å². The Balaban J connectivity index is 1.89. The van der Waals surface area contributed by atoms with Crippen molar-refractivity contribution in [3.05, 3.63) is 60.7 Å². The largest absolute Gasteiger partial charge is 0.507 e. The van der Waals surface area contributed by atoms with E-state index in [9.17, 15) is 10.2 Å². The number of aromatic amines is 2. The molecule has 0 saturated heterocycles. The highest BCUT2D eigenvalue weighted by molar-refractivity contribution is 6.24. The van der Waals surface area contributed by atoms with Gasteiger partial charge in [-0.15, -0.1) is 0 Å². The Morgan fingerprint density at radius 2 is 1.03 bits per heavy atom. The molecule has 0 aliphatic carbocycles. The van der Waals surface area contributed by atoms with Crippen molar-refractivity contribution in [2.24, 2.45) is 0 Å². The molecule has 0 saturated carbocycles. The third-order valence-corrected chi connectivity index (χ3v) is 6.14. The zero-order chi connectivity index (χ0) is 22.0. The SMILES string of the molecule is COc1cc(O)c(-c2c(O)cc(OC)c3[nH]c4ccccc4c23)c2c1[nH]c1ccccc12. The minimum absolute atomic E-state index is 0.0196. The molecule has 0 aliphatic rings. The number of aromatic nitrogens is 2. The number of phenolic OH excluding ortho intramolecular Hbond substituents is 2. The Kier molecular flexibility index (Phi) is 3.80. The van der Waals surface area contributed by atoms with Gasteiger partial charge in [0.1, 0.15) is 23.0 Å². The molecule has 4 N–H and O–H groups in total. The molecule has 32 heavy (non-hydrogen) atoms. The smallest absolute Gasteiger partial charge is 0.146 e. The van der Waals surface area contributed by atoms with E-state index >= 15 is 0 Å². The standard InChI is InChI=1S/C26H20N2O4/c1-31-19-11-17(29)23(21-13-7-3-5-9-15(13)27-25(19)21)24-18(30)12-20(32-2)26-22(24)14-8-4-6-10-16(14)28-26/h3-12,27-30H,1-2H3. The minimum atomic E-state index is 0.0196. The van der Waals surface area contributed by atoms with Crippen LogP contribution in [0.5, 0.6) is 23.0 Å². The average Bonchev–Trinajstić information content (AvgIpc) is 3.38. The van der Waals surface area contributed by atoms with Crippen LogP contribution in [0.25, 0.3) is 54.7 Å². The number of rotatable bonds is 3. The first-order chi connectivity index (χ1) is 15.6. The number of ether oxygens (including phenoxy) is 2. The molecule has 0 spiro atoms. The molecule has 2 heterocycles. The van der Waals surface area contributed by atoms with Gasteiger partial charge in [-0.25, -0.2) is 0 Å². The number of nitrogens with one attached hydrogen (secondary N) is 2. The predicted molar refractivity (Wildman–Crippen MR) is 127 cm³/mol. The molecule has 2 aromatic heterocycles. The summed E-state index contributed by atoms with van der Waals surface area (Å²) in [5.74, 6) is 1.10. The van der Waals surface area contributed by atoms with Crippen LogP contribution >= 0.6 is 0 Å². The van der Waals surface area contributed by atoms with Crippen LogP contribution in [0.1, 0.15) is 0 Å². The molecule has 158 valence electrons. The third kappa shape index (κ3) is 2.34. The zero-order valence-corrected chi connectivity index (χ0v) is 17.5. The maximum absolute atomic E-state index is 11.2. The molecule has 6 rings (SSSR count). The normalized spacial score (nSPS) is 11.7. The van der Waals surface area contributed by atoms with Gasteiger partial charge in [0.15, 0.2) is 0 Å². The quantitative estimate of drug-likeness (QED) is 0.278. The van der Waals surface area contributed by atoms with Crippen molar-refractivity contribution in [1.82, 2.24) is 9.97 Å². The summed E-state index contributed by atoms with van der Waals surface area (Å²) in [6.45, 7) is 0. The maximum atomic E-state index is 11.2. The van der Waals surface area contributed by atoms with E-state index in [-0.39, 0.29) is 11.5 Å². The van der Waals surface area contributed by atoms with E-state index in [1.165, 1.54) is 0 Å². The number of phenols is 2. The lowest BCUT2D eigenvalue weighted by Crippen LogP contribution is -1.91. The van der Waals surface area contributed by atoms with Gasteiger partial charge in [-0.05, 0) is 12.1 Å². The zero-order valence-electron chi connectivity index (χ0n) is 17.5. The highest BCUT2D eigenvalue weighted by atomic mass is 16.5. The van der Waals surface area contributed by atoms with Crippen LogP contribution in [-0.2, 0) is 0 Å². The molecule has 0 unspecified atom stereocenters. The first-order valence-electron chi connectivity index (χ1n) is 10.2. The summed E-state index contributed by atoms with van der Waals surface area (Å²) in [6.07, 6.45) is 0. The number of H-pyrrole nitrogens is 2. The number of para-hydroxylation sites is 2. The van der Waals surface area contributed by atoms with Gasteiger partial charge in [0.25, 0.3) is 0 Å². The van der Waals surface area contributed by atoms with Crippen molar-refractivity contribution in [2.45, 2.75) is 0 Å². The van der Waals surface area contributed by atoms with E-state index in [1.807, 2.05) is 48.5 Å². The molecule has 0 amide bonds. The number of methoxy groups -OCH3 is 2. The van der Waals surface area contributed by atoms with Crippen LogP contribution in [0.4, 0.5) is 0 Å². The fourth-order valence-electron chi connectivity index (χ4n) is 4.79. The van der Waals surface area contributed by atoms with Gasteiger partial charge in [0, 0.05) is 55.8 Å². The number of hydrogen-bond acceptors (Lipinski definition) is 4. The molecule has 6 aromatic rings. The summed E-state index contributed by atoms with van der Waals surface area (Å²) in [6, 6.07) is 18.9. The summed E-state index contributed by atoms with van der Waals surface area (Å²) in [5, 5.41) is 25.9. The monoisotopic (exact) mass is 424 g/mol. The molecule has 6 heteroatoms. The topological polar surface area (TPSA) is 90.5 Å². The van der Waals surface area contributed by atoms with Gasteiger partial charge in [-0.3, -0.25) is 0 Å². The molecule has 6 nitrogen and oxygen atoms in total. The molecule has 0 fully saturated rings. The lowest BCUT2D eigenvalue weighted by molar-refractivity contribution is 0.411. The fraction of sp³-hybridized carbons (Fsp3) is 0.0769. The van der Waals surface area contributed by atoms with Crippen molar-refractivity contribution < 1.29 is 19.7 Å². The fourth-order valence-corrected chi connectivity index (χ4v) is 4.79. The minimum Gasteiger partial charge on any atom is -0.507 e. The number of hydrogen-bond donors (Lipinski definition) is 4. The molecule has 4 aromatic carbocycles. The van der Waals surface area contributed by atoms with Crippen molar-refractivity contribution in [3.63, 3.8) is 0 Å². The summed E-state index contributed by atoms with van der Waals surface area (Å²) in [7, 11) is 3.14. The van der Waals surface area contributed by atoms with Gasteiger partial charge in [-0.1, -0.05) is 36.4 Å². The van der Waals surface area contributed by atoms with E-state index in [4.69, 9.17) is 9.47 Å². The molecule has 0 radical (unpaired) electrons. The van der Waals surface area contributed by atoms with E-state index in [0.717, 1.165) is 43.6 Å². The lowest BCUT2D eigenvalue weighted by Gasteiger charge is -2.15. The second-order valence-corrected chi connectivity index (χ2v) is 7.79. The van der Waals surface area contributed by atoms with Gasteiger partial charge in [0.05, 0.1) is 25.3 Å². The van der Waals surface area contributed by atoms with Gasteiger partial charge in [-0.2, -0.15) is 0 Å². The van der Waals surface area contributed by atoms with Crippen molar-refractivity contribution in [1.29, 1.82) is 0 Å². The summed E-state index contributed by atoms with van der Waals surface area (Å²) in [5.41, 5.74) is 4.40. The van der Waals surface area contributed by atoms with Gasteiger partial charge >= 0.3 is 0 Å². The molecular weight excluding hydrogens is 404 g/mol. The lowest BCUT2D eigenvalue weighted by atomic mass is 9.93. The second-order valence-electron chi connectivity index (χ2n) is 7.79. The van der Waals surface area contributed by atoms with Crippen LogP contribution in [0.3, 0.4) is 0 Å². The van der Waals surface area contributed by atoms with Crippen molar-refractivity contribution in [3.8, 4) is 34.1 Å². The average molecular weight is 424 g/mol. The van der Waals surface area contributed by atoms with E-state index in [2.05, 4.69) is 9.97 Å². The Labute approximate surface area is 182 Å². The molecule has 0 bridgehead atoms. The van der Waals surface area contributed by atoms with E-state index in [1.54, 1.807) is 26.4 Å². The molecule has 0 atom stereocenters. The first kappa shape index (κ1) is 18.4. The Morgan fingerprint density at radius 3 is 1.44 bits per heavy atom. The highest BCUT2D eigenvalue weighted by Crippen LogP contribution is 2.52. The maximum Gasteiger partial charge on any atom is 0.146 e. The van der Waals surface area contributed by atoms with E-state index in [0.29, 0.717) is 22.6 Å². The van der Waals surface area contributed by atoms with Crippen LogP contribution < -0.4 is 9.47 Å². The number of aromatic hydroxyl groups is 2. The van der Waals surface area contributed by atoms with Gasteiger partial charge in [0.2, 0.25) is 0 Å². The number of fused-ring (bicyclic) bond motifs is 6. The van der Waals surface area contributed by atoms with Crippen LogP contribution in [-0.4, -0.2) is 34.4 Å². The van der Waals surface area contributed by atoms with Gasteiger partial charge < -0.3 is 29.7 Å². The summed E-state index contributed by atoms with van der Waals surface area (Å²) < 4.78 is 11.1. The predicted octanol–water partition coefficient (Wildman–Crippen LogP) is 6.05.